The summed E-state index contributed by atoms with van der Waals surface area (Å²) in [5, 5.41) is 20.6. The second-order valence-corrected chi connectivity index (χ2v) is 9.84. The smallest absolute Gasteiger partial charge is 0.150 e. The quantitative estimate of drug-likeness (QED) is 0.370. The van der Waals surface area contributed by atoms with Crippen molar-refractivity contribution >= 4 is 17.4 Å². The molecule has 1 saturated heterocycles. The number of hydrogen-bond acceptors (Lipinski definition) is 5. The van der Waals surface area contributed by atoms with E-state index in [1.165, 1.54) is 6.07 Å². The van der Waals surface area contributed by atoms with Gasteiger partial charge < -0.3 is 14.9 Å². The first-order valence-corrected chi connectivity index (χ1v) is 12.9. The average Bonchev–Trinajstić information content (AvgIpc) is 3.26. The minimum absolute atomic E-state index is 0.0183. The second kappa shape index (κ2) is 11.2. The molecule has 0 aromatic heterocycles. The number of nitrogens with zero attached hydrogens (tertiary/aromatic N) is 1. The number of allylic oxidation sites excluding steroid dienone is 1. The van der Waals surface area contributed by atoms with Crippen LogP contribution in [0.5, 0.6) is 17.2 Å². The fourth-order valence-corrected chi connectivity index (χ4v) is 5.53. The number of carbonyl (C=O) groups excluding carboxylic acids is 1. The molecule has 3 aromatic rings. The topological polar surface area (TPSA) is 70.0 Å². The Balaban J connectivity index is 1.50. The van der Waals surface area contributed by atoms with Crippen LogP contribution in [0.25, 0.3) is 11.1 Å². The summed E-state index contributed by atoms with van der Waals surface area (Å²) in [4.78, 5) is 13.7. The lowest BCUT2D eigenvalue weighted by Gasteiger charge is -2.19. The second-order valence-electron chi connectivity index (χ2n) is 9.84. The van der Waals surface area contributed by atoms with Gasteiger partial charge in [0.25, 0.3) is 0 Å². The lowest BCUT2D eigenvalue weighted by Crippen LogP contribution is -2.26. The molecule has 0 spiro atoms. The number of likely N-dealkylation sites (tertiary alicyclic amines) is 1. The van der Waals surface area contributed by atoms with Crippen molar-refractivity contribution in [2.75, 3.05) is 26.3 Å². The Hall–Kier alpha value is -3.64. The molecule has 0 unspecified atom stereocenters. The van der Waals surface area contributed by atoms with E-state index in [2.05, 4.69) is 4.90 Å². The van der Waals surface area contributed by atoms with E-state index < -0.39 is 0 Å². The van der Waals surface area contributed by atoms with Crippen molar-refractivity contribution in [1.82, 2.24) is 4.90 Å². The highest BCUT2D eigenvalue weighted by molar-refractivity contribution is 6.01. The highest BCUT2D eigenvalue weighted by atomic mass is 19.1. The van der Waals surface area contributed by atoms with Crippen molar-refractivity contribution in [3.8, 4) is 17.2 Å². The molecule has 1 heterocycles. The maximum Gasteiger partial charge on any atom is 0.150 e. The standard InChI is InChI=1S/C31H32FNO4/c32-14-2-15-33-16-13-26(19-33)37-25-9-6-22(7-10-25)31-27-11-5-21(20-34)17-23(27)3-1-4-29(31)28-12-8-24(35)18-30(28)36/h5-12,17-18,20,26,35-36H,1-4,13-16,19H2/t26-/m0/s1. The maximum absolute atomic E-state index is 12.5. The molecule has 5 nitrogen and oxygen atoms in total. The molecular weight excluding hydrogens is 469 g/mol. The average molecular weight is 502 g/mol. The zero-order valence-corrected chi connectivity index (χ0v) is 20.8. The molecule has 2 N–H and O–H groups in total. The van der Waals surface area contributed by atoms with Gasteiger partial charge in [-0.15, -0.1) is 0 Å². The molecule has 0 saturated carbocycles. The van der Waals surface area contributed by atoms with Crippen LogP contribution < -0.4 is 4.74 Å². The summed E-state index contributed by atoms with van der Waals surface area (Å²) in [6.07, 6.45) is 4.89. The predicted octanol–water partition coefficient (Wildman–Crippen LogP) is 6.02. The van der Waals surface area contributed by atoms with Crippen molar-refractivity contribution in [1.29, 1.82) is 0 Å². The molecule has 1 aliphatic heterocycles. The lowest BCUT2D eigenvalue weighted by atomic mass is 9.87. The van der Waals surface area contributed by atoms with Crippen molar-refractivity contribution in [3.63, 3.8) is 0 Å². The van der Waals surface area contributed by atoms with Crippen molar-refractivity contribution < 1.29 is 24.1 Å². The van der Waals surface area contributed by atoms with E-state index in [9.17, 15) is 19.4 Å². The van der Waals surface area contributed by atoms with Crippen molar-refractivity contribution in [2.45, 2.75) is 38.2 Å². The number of aromatic hydroxyl groups is 2. The summed E-state index contributed by atoms with van der Waals surface area (Å²) in [7, 11) is 0. The summed E-state index contributed by atoms with van der Waals surface area (Å²) < 4.78 is 18.7. The third kappa shape index (κ3) is 5.54. The number of aldehydes is 1. The zero-order valence-electron chi connectivity index (χ0n) is 20.8. The number of carbonyl (C=O) groups is 1. The van der Waals surface area contributed by atoms with Crippen LogP contribution in [-0.4, -0.2) is 53.8 Å². The van der Waals surface area contributed by atoms with E-state index in [0.29, 0.717) is 17.5 Å². The van der Waals surface area contributed by atoms with Crippen LogP contribution in [0.2, 0.25) is 0 Å². The molecule has 1 aliphatic carbocycles. The molecule has 0 bridgehead atoms. The van der Waals surface area contributed by atoms with E-state index in [-0.39, 0.29) is 24.3 Å². The zero-order chi connectivity index (χ0) is 25.8. The van der Waals surface area contributed by atoms with Crippen LogP contribution in [0.4, 0.5) is 4.39 Å². The number of benzene rings is 3. The summed E-state index contributed by atoms with van der Waals surface area (Å²) in [6, 6.07) is 18.5. The van der Waals surface area contributed by atoms with Crippen LogP contribution in [0.1, 0.15) is 58.3 Å². The van der Waals surface area contributed by atoms with E-state index in [1.54, 1.807) is 12.1 Å². The largest absolute Gasteiger partial charge is 0.508 e. The molecule has 37 heavy (non-hydrogen) atoms. The van der Waals surface area contributed by atoms with Gasteiger partial charge in [-0.3, -0.25) is 14.1 Å². The molecule has 5 rings (SSSR count). The van der Waals surface area contributed by atoms with Crippen LogP contribution in [0.15, 0.2) is 60.7 Å². The summed E-state index contributed by atoms with van der Waals surface area (Å²) >= 11 is 0. The van der Waals surface area contributed by atoms with Crippen LogP contribution in [0, 0.1) is 0 Å². The van der Waals surface area contributed by atoms with Crippen LogP contribution in [-0.2, 0) is 6.42 Å². The number of alkyl halides is 1. The monoisotopic (exact) mass is 501 g/mol. The molecular formula is C31H32FNO4. The Labute approximate surface area is 216 Å². The molecule has 0 radical (unpaired) electrons. The lowest BCUT2D eigenvalue weighted by molar-refractivity contribution is 0.112. The van der Waals surface area contributed by atoms with Gasteiger partial charge in [-0.2, -0.15) is 0 Å². The Bertz CT molecular complexity index is 1300. The van der Waals surface area contributed by atoms with E-state index in [0.717, 1.165) is 85.2 Å². The molecule has 0 amide bonds. The van der Waals surface area contributed by atoms with E-state index in [4.69, 9.17) is 4.74 Å². The Morgan fingerprint density at radius 1 is 1.00 bits per heavy atom. The maximum atomic E-state index is 12.5. The number of aryl methyl sites for hydroxylation is 1. The summed E-state index contributed by atoms with van der Waals surface area (Å²) in [5.41, 5.74) is 6.49. The minimum Gasteiger partial charge on any atom is -0.508 e. The van der Waals surface area contributed by atoms with Crippen LogP contribution >= 0.6 is 0 Å². The third-order valence-electron chi connectivity index (χ3n) is 7.30. The van der Waals surface area contributed by atoms with Gasteiger partial charge >= 0.3 is 0 Å². The molecule has 1 fully saturated rings. The SMILES string of the molecule is O=Cc1ccc2c(c1)CCCC(c1ccc(O)cc1O)=C2c1ccc(O[C@H]2CCN(CCCF)C2)cc1. The highest BCUT2D eigenvalue weighted by Gasteiger charge is 2.25. The number of rotatable bonds is 8. The van der Waals surface area contributed by atoms with Gasteiger partial charge in [0.15, 0.2) is 0 Å². The summed E-state index contributed by atoms with van der Waals surface area (Å²) in [6.45, 7) is 2.21. The molecule has 192 valence electrons. The fourth-order valence-electron chi connectivity index (χ4n) is 5.53. The molecule has 1 atom stereocenters. The van der Waals surface area contributed by atoms with Gasteiger partial charge in [0.2, 0.25) is 0 Å². The number of phenols is 2. The van der Waals surface area contributed by atoms with Crippen LogP contribution in [0.3, 0.4) is 0 Å². The Morgan fingerprint density at radius 2 is 1.81 bits per heavy atom. The Kier molecular flexibility index (Phi) is 7.56. The molecule has 2 aliphatic rings. The van der Waals surface area contributed by atoms with Gasteiger partial charge in [0.05, 0.1) is 6.67 Å². The van der Waals surface area contributed by atoms with Gasteiger partial charge in [0, 0.05) is 36.8 Å². The van der Waals surface area contributed by atoms with Gasteiger partial charge in [-0.25, -0.2) is 0 Å². The summed E-state index contributed by atoms with van der Waals surface area (Å²) in [5.74, 6) is 0.851. The number of phenolic OH excluding ortho intramolecular Hbond substituents is 2. The van der Waals surface area contributed by atoms with E-state index >= 15 is 0 Å². The predicted molar refractivity (Wildman–Crippen MR) is 143 cm³/mol. The van der Waals surface area contributed by atoms with E-state index in [1.807, 2.05) is 42.5 Å². The number of hydrogen-bond donors (Lipinski definition) is 2. The first kappa shape index (κ1) is 25.0. The normalized spacial score (nSPS) is 17.9. The van der Waals surface area contributed by atoms with Crippen molar-refractivity contribution in [2.24, 2.45) is 0 Å². The molecule has 3 aromatic carbocycles. The third-order valence-corrected chi connectivity index (χ3v) is 7.30. The minimum atomic E-state index is -0.289. The number of fused-ring (bicyclic) bond motifs is 1. The highest BCUT2D eigenvalue weighted by Crippen LogP contribution is 2.43. The molecule has 6 heteroatoms. The van der Waals surface area contributed by atoms with Gasteiger partial charge in [-0.1, -0.05) is 24.3 Å². The van der Waals surface area contributed by atoms with Gasteiger partial charge in [-0.05, 0) is 90.3 Å². The first-order valence-electron chi connectivity index (χ1n) is 12.9. The first-order chi connectivity index (χ1) is 18.1. The van der Waals surface area contributed by atoms with Crippen molar-refractivity contribution in [3.05, 3.63) is 88.5 Å². The Morgan fingerprint density at radius 3 is 2.57 bits per heavy atom. The van der Waals surface area contributed by atoms with Gasteiger partial charge in [0.1, 0.15) is 29.6 Å². The fraction of sp³-hybridized carbons (Fsp3) is 0.323. The number of ether oxygens (including phenoxy) is 1. The number of halogens is 1.